The number of carbonyl (C=O) groups excluding carboxylic acids is 1. The van der Waals surface area contributed by atoms with Crippen molar-refractivity contribution >= 4 is 18.6 Å². The van der Waals surface area contributed by atoms with Crippen molar-refractivity contribution in [3.8, 4) is 11.4 Å². The lowest BCUT2D eigenvalue weighted by molar-refractivity contribution is 0.0600. The predicted molar refractivity (Wildman–Crippen MR) is 69.7 cm³/mol. The van der Waals surface area contributed by atoms with E-state index in [4.69, 9.17) is 0 Å². The molecule has 0 fully saturated rings. The summed E-state index contributed by atoms with van der Waals surface area (Å²) < 4.78 is 20.1. The number of hydrogen-bond acceptors (Lipinski definition) is 5. The van der Waals surface area contributed by atoms with Crippen molar-refractivity contribution in [1.82, 2.24) is 14.8 Å². The molecule has 0 atom stereocenters. The quantitative estimate of drug-likeness (QED) is 0.676. The van der Waals surface area contributed by atoms with Gasteiger partial charge in [0.05, 0.1) is 18.2 Å². The van der Waals surface area contributed by atoms with Crippen LogP contribution in [-0.4, -0.2) is 27.8 Å². The summed E-state index contributed by atoms with van der Waals surface area (Å²) in [5.41, 5.74) is 0.977. The fourth-order valence-corrected chi connectivity index (χ4v) is 2.01. The lowest BCUT2D eigenvalue weighted by atomic mass is 10.0. The molecule has 100 valence electrons. The zero-order valence-electron chi connectivity index (χ0n) is 10.6. The number of benzene rings is 1. The van der Waals surface area contributed by atoms with E-state index in [1.807, 2.05) is 0 Å². The summed E-state index contributed by atoms with van der Waals surface area (Å²) in [7, 11) is 2.90. The molecule has 0 spiro atoms. The normalized spacial score (nSPS) is 10.6. The zero-order chi connectivity index (χ0) is 14.2. The zero-order valence-corrected chi connectivity index (χ0v) is 11.5. The van der Waals surface area contributed by atoms with Crippen molar-refractivity contribution in [3.05, 3.63) is 29.1 Å². The van der Waals surface area contributed by atoms with Gasteiger partial charge < -0.3 is 4.74 Å². The van der Waals surface area contributed by atoms with Crippen LogP contribution < -0.4 is 0 Å². The van der Waals surface area contributed by atoms with Crippen LogP contribution in [0.25, 0.3) is 11.4 Å². The average molecular weight is 281 g/mol. The summed E-state index contributed by atoms with van der Waals surface area (Å²) in [6, 6.07) is 2.68. The van der Waals surface area contributed by atoms with Crippen molar-refractivity contribution in [1.29, 1.82) is 0 Å². The van der Waals surface area contributed by atoms with Crippen molar-refractivity contribution in [2.45, 2.75) is 12.1 Å². The summed E-state index contributed by atoms with van der Waals surface area (Å²) >= 11 is 4.01. The molecule has 0 amide bonds. The molecule has 0 unspecified atom stereocenters. The molecule has 0 saturated heterocycles. The molecular formula is C12H12FN3O2S. The summed E-state index contributed by atoms with van der Waals surface area (Å²) in [4.78, 5) is 15.6. The van der Waals surface area contributed by atoms with E-state index in [1.165, 1.54) is 23.9 Å². The second kappa shape index (κ2) is 5.00. The Bertz CT molecular complexity index is 655. The van der Waals surface area contributed by atoms with E-state index in [2.05, 4.69) is 27.4 Å². The SMILES string of the molecule is COC(=O)c1cc(-c2nc(S)nn2C)c(F)cc1C. The van der Waals surface area contributed by atoms with Crippen LogP contribution in [0.5, 0.6) is 0 Å². The van der Waals surface area contributed by atoms with Gasteiger partial charge >= 0.3 is 5.97 Å². The second-order valence-corrected chi connectivity index (χ2v) is 4.40. The Morgan fingerprint density at radius 1 is 1.47 bits per heavy atom. The van der Waals surface area contributed by atoms with Gasteiger partial charge in [0.2, 0.25) is 5.16 Å². The fraction of sp³-hybridized carbons (Fsp3) is 0.250. The molecule has 0 aliphatic carbocycles. The number of rotatable bonds is 2. The highest BCUT2D eigenvalue weighted by Gasteiger charge is 2.18. The Balaban J connectivity index is 2.64. The van der Waals surface area contributed by atoms with Gasteiger partial charge in [0.1, 0.15) is 5.82 Å². The number of ether oxygens (including phenoxy) is 1. The number of thiol groups is 1. The van der Waals surface area contributed by atoms with E-state index in [9.17, 15) is 9.18 Å². The van der Waals surface area contributed by atoms with Gasteiger partial charge in [0.15, 0.2) is 5.82 Å². The minimum Gasteiger partial charge on any atom is -0.465 e. The summed E-state index contributed by atoms with van der Waals surface area (Å²) in [6.07, 6.45) is 0. The number of hydrogen-bond donors (Lipinski definition) is 1. The van der Waals surface area contributed by atoms with Crippen LogP contribution in [-0.2, 0) is 11.8 Å². The van der Waals surface area contributed by atoms with Crippen molar-refractivity contribution in [3.63, 3.8) is 0 Å². The largest absolute Gasteiger partial charge is 0.465 e. The lowest BCUT2D eigenvalue weighted by Gasteiger charge is -2.08. The number of nitrogens with zero attached hydrogens (tertiary/aromatic N) is 3. The third kappa shape index (κ3) is 2.46. The average Bonchev–Trinajstić information content (AvgIpc) is 2.67. The van der Waals surface area contributed by atoms with Crippen LogP contribution in [0.2, 0.25) is 0 Å². The number of halogens is 1. The molecule has 0 aliphatic heterocycles. The molecule has 1 aromatic carbocycles. The first-order valence-corrected chi connectivity index (χ1v) is 5.87. The van der Waals surface area contributed by atoms with Gasteiger partial charge in [-0.15, -0.1) is 17.7 Å². The van der Waals surface area contributed by atoms with Gasteiger partial charge in [-0.05, 0) is 24.6 Å². The molecule has 19 heavy (non-hydrogen) atoms. The standard InChI is InChI=1S/C12H12FN3O2S/c1-6-4-9(13)8(5-7(6)11(17)18-3)10-14-12(19)15-16(10)2/h4-5H,1-3H3,(H,15,19). The number of aryl methyl sites for hydroxylation is 2. The van der Waals surface area contributed by atoms with E-state index in [0.717, 1.165) is 0 Å². The third-order valence-corrected chi connectivity index (χ3v) is 2.90. The van der Waals surface area contributed by atoms with E-state index in [1.54, 1.807) is 14.0 Å². The third-order valence-electron chi connectivity index (χ3n) is 2.71. The van der Waals surface area contributed by atoms with Gasteiger partial charge in [-0.2, -0.15) is 0 Å². The molecule has 7 heteroatoms. The summed E-state index contributed by atoms with van der Waals surface area (Å²) in [5.74, 6) is -0.700. The predicted octanol–water partition coefficient (Wildman–Crippen LogP) is 2.00. The molecule has 1 aromatic heterocycles. The number of carbonyl (C=O) groups is 1. The molecule has 0 N–H and O–H groups in total. The summed E-state index contributed by atoms with van der Waals surface area (Å²) in [6.45, 7) is 1.64. The van der Waals surface area contributed by atoms with Gasteiger partial charge in [0, 0.05) is 7.05 Å². The van der Waals surface area contributed by atoms with E-state index in [-0.39, 0.29) is 10.7 Å². The first-order chi connectivity index (χ1) is 8.93. The monoisotopic (exact) mass is 281 g/mol. The Morgan fingerprint density at radius 3 is 2.68 bits per heavy atom. The van der Waals surface area contributed by atoms with Gasteiger partial charge in [-0.1, -0.05) is 0 Å². The highest BCUT2D eigenvalue weighted by Crippen LogP contribution is 2.25. The number of esters is 1. The van der Waals surface area contributed by atoms with Crippen molar-refractivity contribution in [2.24, 2.45) is 7.05 Å². The Labute approximate surface area is 114 Å². The molecule has 0 aliphatic rings. The highest BCUT2D eigenvalue weighted by molar-refractivity contribution is 7.80. The molecule has 5 nitrogen and oxygen atoms in total. The fourth-order valence-electron chi connectivity index (χ4n) is 1.78. The molecular weight excluding hydrogens is 269 g/mol. The van der Waals surface area contributed by atoms with Gasteiger partial charge in [-0.25, -0.2) is 18.9 Å². The van der Waals surface area contributed by atoms with Crippen LogP contribution in [0.15, 0.2) is 17.3 Å². The second-order valence-electron chi connectivity index (χ2n) is 4.00. The Kier molecular flexibility index (Phi) is 3.57. The van der Waals surface area contributed by atoms with E-state index < -0.39 is 11.8 Å². The minimum atomic E-state index is -0.521. The highest BCUT2D eigenvalue weighted by atomic mass is 32.1. The Morgan fingerprint density at radius 2 is 2.16 bits per heavy atom. The van der Waals surface area contributed by atoms with Crippen LogP contribution in [0.3, 0.4) is 0 Å². The van der Waals surface area contributed by atoms with Gasteiger partial charge in [0.25, 0.3) is 0 Å². The van der Waals surface area contributed by atoms with Gasteiger partial charge in [-0.3, -0.25) is 0 Å². The van der Waals surface area contributed by atoms with E-state index >= 15 is 0 Å². The molecule has 1 heterocycles. The first kappa shape index (κ1) is 13.5. The maximum atomic E-state index is 14.0. The topological polar surface area (TPSA) is 57.0 Å². The van der Waals surface area contributed by atoms with Crippen LogP contribution in [0.4, 0.5) is 4.39 Å². The maximum Gasteiger partial charge on any atom is 0.338 e. The van der Waals surface area contributed by atoms with Crippen LogP contribution in [0, 0.1) is 12.7 Å². The number of methoxy groups -OCH3 is 1. The molecule has 0 radical (unpaired) electrons. The minimum absolute atomic E-state index is 0.182. The molecule has 2 aromatic rings. The lowest BCUT2D eigenvalue weighted by Crippen LogP contribution is -2.06. The van der Waals surface area contributed by atoms with Crippen molar-refractivity contribution < 1.29 is 13.9 Å². The van der Waals surface area contributed by atoms with Crippen LogP contribution in [0.1, 0.15) is 15.9 Å². The molecule has 0 bridgehead atoms. The van der Waals surface area contributed by atoms with E-state index in [0.29, 0.717) is 17.0 Å². The number of aromatic nitrogens is 3. The van der Waals surface area contributed by atoms with Crippen molar-refractivity contribution in [2.75, 3.05) is 7.11 Å². The molecule has 0 saturated carbocycles. The smallest absolute Gasteiger partial charge is 0.338 e. The first-order valence-electron chi connectivity index (χ1n) is 5.43. The summed E-state index contributed by atoms with van der Waals surface area (Å²) in [5, 5.41) is 4.17. The molecule has 2 rings (SSSR count). The Hall–Kier alpha value is -1.89. The van der Waals surface area contributed by atoms with Crippen LogP contribution >= 0.6 is 12.6 Å². The maximum absolute atomic E-state index is 14.0.